The zero-order valence-corrected chi connectivity index (χ0v) is 17.7. The highest BCUT2D eigenvalue weighted by molar-refractivity contribution is 5.90. The molecule has 0 spiro atoms. The quantitative estimate of drug-likeness (QED) is 0.400. The lowest BCUT2D eigenvalue weighted by Crippen LogP contribution is -2.32. The minimum atomic E-state index is -0.952. The smallest absolute Gasteiger partial charge is 0.340 e. The topological polar surface area (TPSA) is 88.1 Å². The molecule has 1 fully saturated rings. The molecule has 0 amide bonds. The van der Waals surface area contributed by atoms with E-state index >= 15 is 0 Å². The van der Waals surface area contributed by atoms with Crippen LogP contribution in [0.15, 0.2) is 91.0 Å². The maximum Gasteiger partial charge on any atom is 0.340 e. The molecular weight excluding hydrogens is 424 g/mol. The zero-order valence-electron chi connectivity index (χ0n) is 17.7. The number of hydrogen-bond acceptors (Lipinski definition) is 7. The molecule has 1 aliphatic heterocycles. The second kappa shape index (κ2) is 10.6. The van der Waals surface area contributed by atoms with Gasteiger partial charge in [0.25, 0.3) is 0 Å². The zero-order chi connectivity index (χ0) is 23.0. The lowest BCUT2D eigenvalue weighted by molar-refractivity contribution is -0.117. The van der Waals surface area contributed by atoms with Crippen LogP contribution in [0.1, 0.15) is 37.5 Å². The molecule has 33 heavy (non-hydrogen) atoms. The van der Waals surface area contributed by atoms with Crippen LogP contribution in [0.3, 0.4) is 0 Å². The van der Waals surface area contributed by atoms with E-state index < -0.39 is 36.4 Å². The van der Waals surface area contributed by atoms with Gasteiger partial charge < -0.3 is 18.9 Å². The van der Waals surface area contributed by atoms with E-state index in [4.69, 9.17) is 18.9 Å². The summed E-state index contributed by atoms with van der Waals surface area (Å²) >= 11 is 0. The first-order chi connectivity index (χ1) is 16.1. The third-order valence-electron chi connectivity index (χ3n) is 5.07. The van der Waals surface area contributed by atoms with Crippen LogP contribution in [0.2, 0.25) is 0 Å². The molecule has 1 aliphatic rings. The van der Waals surface area contributed by atoms with Crippen molar-refractivity contribution in [3.8, 4) is 0 Å². The Bertz CT molecular complexity index is 1080. The van der Waals surface area contributed by atoms with Crippen molar-refractivity contribution in [1.82, 2.24) is 0 Å². The molecule has 0 aliphatic carbocycles. The molecule has 3 aromatic carbocycles. The van der Waals surface area contributed by atoms with Gasteiger partial charge >= 0.3 is 17.9 Å². The number of carbonyl (C=O) groups excluding carboxylic acids is 3. The molecule has 0 radical (unpaired) electrons. The first-order valence-corrected chi connectivity index (χ1v) is 10.5. The van der Waals surface area contributed by atoms with E-state index in [9.17, 15) is 14.4 Å². The Kier molecular flexibility index (Phi) is 7.12. The molecule has 0 saturated carbocycles. The molecule has 168 valence electrons. The van der Waals surface area contributed by atoms with Gasteiger partial charge in [-0.05, 0) is 36.4 Å². The highest BCUT2D eigenvalue weighted by Gasteiger charge is 2.41. The normalized spacial score (nSPS) is 19.5. The van der Waals surface area contributed by atoms with Gasteiger partial charge in [-0.2, -0.15) is 0 Å². The molecule has 3 atom stereocenters. The average Bonchev–Trinajstić information content (AvgIpc) is 3.24. The van der Waals surface area contributed by atoms with Gasteiger partial charge in [-0.1, -0.05) is 54.6 Å². The van der Waals surface area contributed by atoms with Crippen molar-refractivity contribution in [2.75, 3.05) is 6.61 Å². The van der Waals surface area contributed by atoms with Gasteiger partial charge in [0, 0.05) is 0 Å². The maximum absolute atomic E-state index is 12.6. The fraction of sp³-hybridized carbons (Fsp3) is 0.192. The Morgan fingerprint density at radius 3 is 1.64 bits per heavy atom. The molecule has 3 aromatic rings. The van der Waals surface area contributed by atoms with E-state index in [1.54, 1.807) is 91.0 Å². The molecule has 2 unspecified atom stereocenters. The minimum absolute atomic E-state index is 0.116. The molecule has 1 heterocycles. The fourth-order valence-corrected chi connectivity index (χ4v) is 3.38. The Balaban J connectivity index is 1.43. The number of carbonyl (C=O) groups is 3. The highest BCUT2D eigenvalue weighted by Crippen LogP contribution is 2.27. The predicted octanol–water partition coefficient (Wildman–Crippen LogP) is 4.04. The average molecular weight is 446 g/mol. The van der Waals surface area contributed by atoms with Gasteiger partial charge in [0.1, 0.15) is 18.8 Å². The standard InChI is InChI=1S/C26H22O7/c27-24(18-10-4-1-5-11-18)30-17-22-21(32-25(28)19-12-6-2-7-13-19)16-23(31-22)33-26(29)20-14-8-3-9-15-20/h1-15,21-23H,16-17H2/t21?,22-,23?/m1/s1. The lowest BCUT2D eigenvalue weighted by atomic mass is 10.1. The van der Waals surface area contributed by atoms with E-state index in [1.165, 1.54) is 0 Å². The summed E-state index contributed by atoms with van der Waals surface area (Å²) in [6.45, 7) is -0.167. The molecule has 7 nitrogen and oxygen atoms in total. The van der Waals surface area contributed by atoms with Crippen LogP contribution < -0.4 is 0 Å². The molecule has 4 rings (SSSR count). The number of ether oxygens (including phenoxy) is 4. The SMILES string of the molecule is O=C(OC[C@H]1OC(OC(=O)c2ccccc2)CC1OC(=O)c1ccccc1)c1ccccc1. The molecule has 0 bridgehead atoms. The van der Waals surface area contributed by atoms with Crippen LogP contribution in [0.25, 0.3) is 0 Å². The van der Waals surface area contributed by atoms with Gasteiger partial charge in [-0.3, -0.25) is 0 Å². The van der Waals surface area contributed by atoms with Crippen molar-refractivity contribution in [2.45, 2.75) is 24.9 Å². The summed E-state index contributed by atoms with van der Waals surface area (Å²) < 4.78 is 22.2. The number of hydrogen-bond donors (Lipinski definition) is 0. The third kappa shape index (κ3) is 5.84. The summed E-state index contributed by atoms with van der Waals surface area (Å²) in [5, 5.41) is 0. The Morgan fingerprint density at radius 2 is 1.12 bits per heavy atom. The van der Waals surface area contributed by atoms with Crippen LogP contribution >= 0.6 is 0 Å². The van der Waals surface area contributed by atoms with Crippen molar-refractivity contribution in [3.05, 3.63) is 108 Å². The monoisotopic (exact) mass is 446 g/mol. The van der Waals surface area contributed by atoms with Crippen LogP contribution in [-0.2, 0) is 18.9 Å². The van der Waals surface area contributed by atoms with E-state index in [0.29, 0.717) is 16.7 Å². The summed E-state index contributed by atoms with van der Waals surface area (Å²) in [5.74, 6) is -1.63. The second-order valence-electron chi connectivity index (χ2n) is 7.39. The molecular formula is C26H22O7. The van der Waals surface area contributed by atoms with E-state index in [2.05, 4.69) is 0 Å². The van der Waals surface area contributed by atoms with E-state index in [1.807, 2.05) is 0 Å². The largest absolute Gasteiger partial charge is 0.459 e. The Morgan fingerprint density at radius 1 is 0.667 bits per heavy atom. The van der Waals surface area contributed by atoms with Crippen molar-refractivity contribution in [3.63, 3.8) is 0 Å². The van der Waals surface area contributed by atoms with Gasteiger partial charge in [-0.25, -0.2) is 14.4 Å². The molecule has 0 N–H and O–H groups in total. The van der Waals surface area contributed by atoms with Crippen LogP contribution in [-0.4, -0.2) is 43.0 Å². The Labute approximate surface area is 190 Å². The molecule has 0 aromatic heterocycles. The first-order valence-electron chi connectivity index (χ1n) is 10.5. The minimum Gasteiger partial charge on any atom is -0.459 e. The van der Waals surface area contributed by atoms with Crippen molar-refractivity contribution in [1.29, 1.82) is 0 Å². The summed E-state index contributed by atoms with van der Waals surface area (Å²) in [5.41, 5.74) is 1.14. The number of rotatable bonds is 7. The number of esters is 3. The summed E-state index contributed by atoms with van der Waals surface area (Å²) in [6, 6.07) is 25.5. The highest BCUT2D eigenvalue weighted by atomic mass is 16.7. The van der Waals surface area contributed by atoms with Crippen molar-refractivity contribution < 1.29 is 33.3 Å². The summed E-state index contributed by atoms with van der Waals surface area (Å²) in [6.07, 6.45) is -2.40. The van der Waals surface area contributed by atoms with Crippen LogP contribution in [0.4, 0.5) is 0 Å². The van der Waals surface area contributed by atoms with Gasteiger partial charge in [-0.15, -0.1) is 0 Å². The Hall–Kier alpha value is -3.97. The van der Waals surface area contributed by atoms with Crippen LogP contribution in [0.5, 0.6) is 0 Å². The first kappa shape index (κ1) is 22.2. The van der Waals surface area contributed by atoms with Crippen molar-refractivity contribution in [2.24, 2.45) is 0 Å². The van der Waals surface area contributed by atoms with Crippen molar-refractivity contribution >= 4 is 17.9 Å². The molecule has 1 saturated heterocycles. The van der Waals surface area contributed by atoms with E-state index in [0.717, 1.165) is 0 Å². The fourth-order valence-electron chi connectivity index (χ4n) is 3.38. The lowest BCUT2D eigenvalue weighted by Gasteiger charge is -2.18. The second-order valence-corrected chi connectivity index (χ2v) is 7.39. The molecule has 7 heteroatoms. The summed E-state index contributed by atoms with van der Waals surface area (Å²) in [4.78, 5) is 37.3. The van der Waals surface area contributed by atoms with Crippen LogP contribution in [0, 0.1) is 0 Å². The van der Waals surface area contributed by atoms with Gasteiger partial charge in [0.15, 0.2) is 0 Å². The maximum atomic E-state index is 12.6. The number of benzene rings is 3. The van der Waals surface area contributed by atoms with E-state index in [-0.39, 0.29) is 13.0 Å². The van der Waals surface area contributed by atoms with Gasteiger partial charge in [0.2, 0.25) is 6.29 Å². The predicted molar refractivity (Wildman–Crippen MR) is 118 cm³/mol. The summed E-state index contributed by atoms with van der Waals surface area (Å²) in [7, 11) is 0. The third-order valence-corrected chi connectivity index (χ3v) is 5.07. The van der Waals surface area contributed by atoms with Gasteiger partial charge in [0.05, 0.1) is 23.1 Å².